The van der Waals surface area contributed by atoms with E-state index < -0.39 is 5.79 Å². The number of benzene rings is 1. The van der Waals surface area contributed by atoms with Crippen molar-refractivity contribution in [3.05, 3.63) is 35.4 Å². The second kappa shape index (κ2) is 4.37. The van der Waals surface area contributed by atoms with Crippen molar-refractivity contribution in [3.8, 4) is 0 Å². The smallest absolute Gasteiger partial charge is 0.309 e. The predicted octanol–water partition coefficient (Wildman–Crippen LogP) is 1.62. The number of carbonyl (C=O) groups is 1. The van der Waals surface area contributed by atoms with Crippen molar-refractivity contribution in [1.82, 2.24) is 0 Å². The van der Waals surface area contributed by atoms with Gasteiger partial charge < -0.3 is 14.2 Å². The molecule has 1 aromatic carbocycles. The number of esters is 1. The van der Waals surface area contributed by atoms with Crippen LogP contribution in [0.1, 0.15) is 17.5 Å². The maximum atomic E-state index is 11.8. The van der Waals surface area contributed by atoms with Crippen LogP contribution in [-0.2, 0) is 31.2 Å². The summed E-state index contributed by atoms with van der Waals surface area (Å²) in [6.45, 7) is 1.14. The van der Waals surface area contributed by atoms with Gasteiger partial charge in [0.2, 0.25) is 0 Å². The highest BCUT2D eigenvalue weighted by molar-refractivity contribution is 5.73. The minimum atomic E-state index is -0.742. The Kier molecular flexibility index (Phi) is 2.84. The lowest BCUT2D eigenvalue weighted by Crippen LogP contribution is -2.39. The third kappa shape index (κ3) is 1.72. The predicted molar refractivity (Wildman–Crippen MR) is 63.9 cm³/mol. The molecule has 96 valence electrons. The van der Waals surface area contributed by atoms with E-state index in [-0.39, 0.29) is 11.9 Å². The summed E-state index contributed by atoms with van der Waals surface area (Å²) in [5.41, 5.74) is 2.17. The molecule has 1 spiro atoms. The lowest BCUT2D eigenvalue weighted by molar-refractivity contribution is -0.191. The first kappa shape index (κ1) is 11.7. The average Bonchev–Trinajstić information content (AvgIpc) is 2.87. The molecule has 1 saturated heterocycles. The second-order valence-corrected chi connectivity index (χ2v) is 4.74. The summed E-state index contributed by atoms with van der Waals surface area (Å²) in [6.07, 6.45) is 1.23. The van der Waals surface area contributed by atoms with Gasteiger partial charge in [-0.3, -0.25) is 4.79 Å². The highest BCUT2D eigenvalue weighted by Gasteiger charge is 2.47. The van der Waals surface area contributed by atoms with Crippen molar-refractivity contribution in [2.75, 3.05) is 20.3 Å². The molecular formula is C14H16O4. The number of ether oxygens (including phenoxy) is 3. The van der Waals surface area contributed by atoms with Crippen molar-refractivity contribution in [1.29, 1.82) is 0 Å². The summed E-state index contributed by atoms with van der Waals surface area (Å²) in [7, 11) is 1.42. The highest BCUT2D eigenvalue weighted by atomic mass is 16.7. The Morgan fingerprint density at radius 2 is 2.06 bits per heavy atom. The molecule has 1 fully saturated rings. The van der Waals surface area contributed by atoms with Crippen LogP contribution in [0.25, 0.3) is 0 Å². The zero-order valence-electron chi connectivity index (χ0n) is 10.3. The van der Waals surface area contributed by atoms with E-state index in [1.807, 2.05) is 24.3 Å². The number of fused-ring (bicyclic) bond motifs is 2. The lowest BCUT2D eigenvalue weighted by Gasteiger charge is -2.36. The molecule has 1 aromatic rings. The van der Waals surface area contributed by atoms with Gasteiger partial charge in [0, 0.05) is 12.0 Å². The molecular weight excluding hydrogens is 232 g/mol. The zero-order chi connectivity index (χ0) is 12.6. The van der Waals surface area contributed by atoms with Gasteiger partial charge in [-0.2, -0.15) is 0 Å². The first-order chi connectivity index (χ1) is 8.75. The van der Waals surface area contributed by atoms with Gasteiger partial charge in [-0.15, -0.1) is 0 Å². The maximum absolute atomic E-state index is 11.8. The van der Waals surface area contributed by atoms with Crippen LogP contribution in [0.2, 0.25) is 0 Å². The number of hydrogen-bond acceptors (Lipinski definition) is 4. The molecule has 1 aliphatic carbocycles. The third-order valence-corrected chi connectivity index (χ3v) is 3.70. The van der Waals surface area contributed by atoms with Gasteiger partial charge in [0.15, 0.2) is 5.79 Å². The molecule has 18 heavy (non-hydrogen) atoms. The minimum absolute atomic E-state index is 0.192. The number of carbonyl (C=O) groups excluding carboxylic acids is 1. The summed E-state index contributed by atoms with van der Waals surface area (Å²) in [6, 6.07) is 8.00. The van der Waals surface area contributed by atoms with Crippen LogP contribution in [0, 0.1) is 5.92 Å². The summed E-state index contributed by atoms with van der Waals surface area (Å²) in [4.78, 5) is 11.8. The van der Waals surface area contributed by atoms with E-state index in [0.29, 0.717) is 26.1 Å². The Hall–Kier alpha value is -1.39. The van der Waals surface area contributed by atoms with E-state index in [2.05, 4.69) is 0 Å². The number of rotatable bonds is 1. The molecule has 3 rings (SSSR count). The molecule has 1 atom stereocenters. The summed E-state index contributed by atoms with van der Waals surface area (Å²) in [5, 5.41) is 0. The molecule has 1 heterocycles. The summed E-state index contributed by atoms with van der Waals surface area (Å²) < 4.78 is 16.5. The van der Waals surface area contributed by atoms with Crippen molar-refractivity contribution in [3.63, 3.8) is 0 Å². The molecule has 1 unspecified atom stereocenters. The van der Waals surface area contributed by atoms with Gasteiger partial charge >= 0.3 is 5.97 Å². The SMILES string of the molecule is COC(=O)C1Cc2ccccc2C2(C1)OCCO2. The van der Waals surface area contributed by atoms with Gasteiger partial charge in [-0.25, -0.2) is 0 Å². The van der Waals surface area contributed by atoms with E-state index in [9.17, 15) is 4.79 Å². The second-order valence-electron chi connectivity index (χ2n) is 4.74. The van der Waals surface area contributed by atoms with Crippen LogP contribution < -0.4 is 0 Å². The molecule has 0 amide bonds. The third-order valence-electron chi connectivity index (χ3n) is 3.70. The molecule has 1 aliphatic heterocycles. The molecule has 0 N–H and O–H groups in total. The van der Waals surface area contributed by atoms with Gasteiger partial charge in [0.05, 0.1) is 26.2 Å². The Morgan fingerprint density at radius 1 is 1.33 bits per heavy atom. The Morgan fingerprint density at radius 3 is 2.78 bits per heavy atom. The largest absolute Gasteiger partial charge is 0.469 e. The Bertz CT molecular complexity index is 463. The fourth-order valence-corrected chi connectivity index (χ4v) is 2.90. The van der Waals surface area contributed by atoms with Crippen molar-refractivity contribution < 1.29 is 19.0 Å². The molecule has 0 bridgehead atoms. The van der Waals surface area contributed by atoms with E-state index >= 15 is 0 Å². The van der Waals surface area contributed by atoms with Gasteiger partial charge in [-0.05, 0) is 12.0 Å². The number of hydrogen-bond donors (Lipinski definition) is 0. The Balaban J connectivity index is 2.01. The molecule has 4 nitrogen and oxygen atoms in total. The van der Waals surface area contributed by atoms with E-state index in [0.717, 1.165) is 11.1 Å². The van der Waals surface area contributed by atoms with Crippen molar-refractivity contribution in [2.24, 2.45) is 5.92 Å². The van der Waals surface area contributed by atoms with E-state index in [1.54, 1.807) is 0 Å². The normalized spacial score (nSPS) is 24.8. The zero-order valence-corrected chi connectivity index (χ0v) is 10.3. The highest BCUT2D eigenvalue weighted by Crippen LogP contribution is 2.44. The van der Waals surface area contributed by atoms with Crippen LogP contribution in [-0.4, -0.2) is 26.3 Å². The Labute approximate surface area is 106 Å². The monoisotopic (exact) mass is 248 g/mol. The fraction of sp³-hybridized carbons (Fsp3) is 0.500. The van der Waals surface area contributed by atoms with Crippen LogP contribution in [0.4, 0.5) is 0 Å². The van der Waals surface area contributed by atoms with Crippen LogP contribution in [0.5, 0.6) is 0 Å². The van der Waals surface area contributed by atoms with Crippen molar-refractivity contribution >= 4 is 5.97 Å². The summed E-state index contributed by atoms with van der Waals surface area (Å²) in [5.74, 6) is -1.13. The molecule has 2 aliphatic rings. The number of methoxy groups -OCH3 is 1. The average molecular weight is 248 g/mol. The first-order valence-corrected chi connectivity index (χ1v) is 6.19. The van der Waals surface area contributed by atoms with Gasteiger partial charge in [-0.1, -0.05) is 24.3 Å². The van der Waals surface area contributed by atoms with Crippen LogP contribution >= 0.6 is 0 Å². The van der Waals surface area contributed by atoms with Crippen LogP contribution in [0.15, 0.2) is 24.3 Å². The lowest BCUT2D eigenvalue weighted by atomic mass is 9.79. The topological polar surface area (TPSA) is 44.8 Å². The van der Waals surface area contributed by atoms with E-state index in [4.69, 9.17) is 14.2 Å². The minimum Gasteiger partial charge on any atom is -0.469 e. The maximum Gasteiger partial charge on any atom is 0.309 e. The molecule has 4 heteroatoms. The molecule has 0 saturated carbocycles. The van der Waals surface area contributed by atoms with E-state index in [1.165, 1.54) is 7.11 Å². The van der Waals surface area contributed by atoms with Crippen molar-refractivity contribution in [2.45, 2.75) is 18.6 Å². The fourth-order valence-electron chi connectivity index (χ4n) is 2.90. The molecule has 0 aromatic heterocycles. The standard InChI is InChI=1S/C14H16O4/c1-16-13(15)11-8-10-4-2-3-5-12(10)14(9-11)17-6-7-18-14/h2-5,11H,6-9H2,1H3. The molecule has 0 radical (unpaired) electrons. The van der Waals surface area contributed by atoms with Gasteiger partial charge in [0.25, 0.3) is 0 Å². The first-order valence-electron chi connectivity index (χ1n) is 6.19. The van der Waals surface area contributed by atoms with Crippen LogP contribution in [0.3, 0.4) is 0 Å². The summed E-state index contributed by atoms with van der Waals surface area (Å²) >= 11 is 0. The quantitative estimate of drug-likeness (QED) is 0.708. The van der Waals surface area contributed by atoms with Gasteiger partial charge in [0.1, 0.15) is 0 Å².